The average molecular weight is 757 g/mol. The number of fused-ring (bicyclic) bond motifs is 2. The molecule has 3 heterocycles. The highest BCUT2D eigenvalue weighted by Crippen LogP contribution is 2.24. The highest BCUT2D eigenvalue weighted by molar-refractivity contribution is 5.97. The number of aromatic nitrogens is 2. The molecule has 0 unspecified atom stereocenters. The van der Waals surface area contributed by atoms with Gasteiger partial charge in [-0.1, -0.05) is 64.1 Å². The summed E-state index contributed by atoms with van der Waals surface area (Å²) in [5, 5.41) is 22.6. The number of aromatic amines is 2. The second kappa shape index (κ2) is 17.6. The Kier molecular flexibility index (Phi) is 13.0. The van der Waals surface area contributed by atoms with Crippen LogP contribution in [0.5, 0.6) is 0 Å². The summed E-state index contributed by atoms with van der Waals surface area (Å²) >= 11 is 0. The summed E-state index contributed by atoms with van der Waals surface area (Å²) in [5.41, 5.74) is 8.87. The van der Waals surface area contributed by atoms with E-state index in [4.69, 9.17) is 5.73 Å². The molecular formula is C40H52N8O7. The number of likely N-dealkylation sites (tertiary alicyclic amines) is 1. The Labute approximate surface area is 319 Å². The van der Waals surface area contributed by atoms with Crippen LogP contribution in [-0.2, 0) is 41.6 Å². The lowest BCUT2D eigenvalue weighted by atomic mass is 9.99. The number of benzene rings is 2. The lowest BCUT2D eigenvalue weighted by Crippen LogP contribution is -2.60. The summed E-state index contributed by atoms with van der Waals surface area (Å²) in [6, 6.07) is 8.68. The smallest absolute Gasteiger partial charge is 0.326 e. The van der Waals surface area contributed by atoms with Crippen molar-refractivity contribution in [3.8, 4) is 0 Å². The van der Waals surface area contributed by atoms with E-state index in [0.717, 1.165) is 32.9 Å². The maximum Gasteiger partial charge on any atom is 0.326 e. The summed E-state index contributed by atoms with van der Waals surface area (Å²) in [6.07, 6.45) is 4.42. The molecule has 0 bridgehead atoms. The Bertz CT molecular complexity index is 2040. The largest absolute Gasteiger partial charge is 0.480 e. The van der Waals surface area contributed by atoms with Crippen LogP contribution in [-0.4, -0.2) is 98.3 Å². The van der Waals surface area contributed by atoms with Crippen molar-refractivity contribution in [3.05, 3.63) is 72.1 Å². The maximum absolute atomic E-state index is 14.4. The Morgan fingerprint density at radius 1 is 0.727 bits per heavy atom. The summed E-state index contributed by atoms with van der Waals surface area (Å²) in [7, 11) is 0. The molecule has 294 valence electrons. The Morgan fingerprint density at radius 2 is 1.22 bits per heavy atom. The van der Waals surface area contributed by atoms with Gasteiger partial charge in [0.1, 0.15) is 30.2 Å². The normalized spacial score (nSPS) is 17.1. The summed E-state index contributed by atoms with van der Waals surface area (Å²) in [6.45, 7) is 8.73. The number of nitrogens with one attached hydrogen (secondary N) is 6. The SMILES string of the molecule is CC(C)[C@H](NC(=O)[C@H](Cc1c[nH]c2ccccc12)NC(=O)[C@H](Cc1c[nH]c2ccccc12)NC(=O)[C@@H]1CCCN1C(=O)[C@@H](NC(=O)[C@H](C)N)C(C)C)C(=O)O. The summed E-state index contributed by atoms with van der Waals surface area (Å²) in [4.78, 5) is 88.7. The van der Waals surface area contributed by atoms with Crippen LogP contribution in [0.25, 0.3) is 21.8 Å². The summed E-state index contributed by atoms with van der Waals surface area (Å²) in [5.74, 6) is -4.79. The molecule has 1 fully saturated rings. The maximum atomic E-state index is 14.4. The van der Waals surface area contributed by atoms with E-state index in [0.29, 0.717) is 12.8 Å². The van der Waals surface area contributed by atoms with Gasteiger partial charge in [0.15, 0.2) is 0 Å². The Hall–Kier alpha value is -5.70. The molecule has 15 nitrogen and oxygen atoms in total. The number of carbonyl (C=O) groups excluding carboxylic acids is 5. The highest BCUT2D eigenvalue weighted by atomic mass is 16.4. The third kappa shape index (κ3) is 9.52. The van der Waals surface area contributed by atoms with Crippen LogP contribution in [0, 0.1) is 11.8 Å². The molecule has 6 atom stereocenters. The van der Waals surface area contributed by atoms with Crippen molar-refractivity contribution in [3.63, 3.8) is 0 Å². The quantitative estimate of drug-likeness (QED) is 0.0842. The fourth-order valence-electron chi connectivity index (χ4n) is 7.05. The molecule has 0 aliphatic carbocycles. The van der Waals surface area contributed by atoms with Crippen LogP contribution in [0.3, 0.4) is 0 Å². The number of carboxylic acid groups (broad SMARTS) is 1. The minimum Gasteiger partial charge on any atom is -0.480 e. The highest BCUT2D eigenvalue weighted by Gasteiger charge is 2.40. The first-order chi connectivity index (χ1) is 26.2. The molecule has 1 saturated heterocycles. The van der Waals surface area contributed by atoms with Crippen LogP contribution in [0.15, 0.2) is 60.9 Å². The van der Waals surface area contributed by atoms with E-state index in [1.54, 1.807) is 40.1 Å². The van der Waals surface area contributed by atoms with E-state index in [9.17, 15) is 33.9 Å². The van der Waals surface area contributed by atoms with Gasteiger partial charge < -0.3 is 47.0 Å². The van der Waals surface area contributed by atoms with Crippen molar-refractivity contribution in [2.45, 2.75) is 96.6 Å². The topological polar surface area (TPSA) is 232 Å². The lowest BCUT2D eigenvalue weighted by molar-refractivity contribution is -0.143. The van der Waals surface area contributed by atoms with Crippen LogP contribution >= 0.6 is 0 Å². The second-order valence-corrected chi connectivity index (χ2v) is 15.0. The zero-order valence-corrected chi connectivity index (χ0v) is 31.8. The van der Waals surface area contributed by atoms with Gasteiger partial charge in [0.2, 0.25) is 29.5 Å². The number of H-pyrrole nitrogens is 2. The molecule has 2 aromatic carbocycles. The zero-order valence-electron chi connectivity index (χ0n) is 31.8. The first-order valence-corrected chi connectivity index (χ1v) is 18.8. The number of amides is 5. The molecule has 0 radical (unpaired) electrons. The predicted octanol–water partition coefficient (Wildman–Crippen LogP) is 2.11. The van der Waals surface area contributed by atoms with E-state index in [1.807, 2.05) is 48.5 Å². The monoisotopic (exact) mass is 756 g/mol. The molecule has 15 heteroatoms. The minimum atomic E-state index is -1.22. The van der Waals surface area contributed by atoms with Crippen LogP contribution in [0.4, 0.5) is 0 Å². The average Bonchev–Trinajstić information content (AvgIpc) is 3.90. The zero-order chi connectivity index (χ0) is 40.0. The van der Waals surface area contributed by atoms with Crippen molar-refractivity contribution < 1.29 is 33.9 Å². The molecule has 0 saturated carbocycles. The molecule has 0 spiro atoms. The predicted molar refractivity (Wildman–Crippen MR) is 207 cm³/mol. The molecule has 1 aliphatic rings. The molecule has 1 aliphatic heterocycles. The standard InChI is InChI=1S/C40H52N8O7/c1-21(2)33(46-35(49)23(5)41)39(53)48-16-10-15-32(48)38(52)45-30(17-24-19-42-28-13-8-6-11-26(24)28)36(50)44-31(37(51)47-34(22(3)4)40(54)55)18-25-20-43-29-14-9-7-12-27(25)29/h6-9,11-14,19-23,30-34,42-43H,10,15-18,41H2,1-5H3,(H,44,50)(H,45,52)(H,46,49)(H,47,51)(H,54,55)/t23-,30-,31-,32-,33-,34-/m0/s1. The van der Waals surface area contributed by atoms with Gasteiger partial charge in [-0.25, -0.2) is 4.79 Å². The van der Waals surface area contributed by atoms with Crippen molar-refractivity contribution in [1.82, 2.24) is 36.1 Å². The van der Waals surface area contributed by atoms with E-state index in [1.165, 1.54) is 11.8 Å². The number of hydrogen-bond donors (Lipinski definition) is 8. The van der Waals surface area contributed by atoms with Gasteiger partial charge in [0.25, 0.3) is 0 Å². The van der Waals surface area contributed by atoms with Gasteiger partial charge in [0, 0.05) is 53.6 Å². The summed E-state index contributed by atoms with van der Waals surface area (Å²) < 4.78 is 0. The third-order valence-electron chi connectivity index (χ3n) is 10.2. The first-order valence-electron chi connectivity index (χ1n) is 18.8. The van der Waals surface area contributed by atoms with E-state index >= 15 is 0 Å². The van der Waals surface area contributed by atoms with Crippen LogP contribution < -0.4 is 27.0 Å². The fraction of sp³-hybridized carbons (Fsp3) is 0.450. The number of rotatable bonds is 16. The third-order valence-corrected chi connectivity index (χ3v) is 10.2. The van der Waals surface area contributed by atoms with Crippen LogP contribution in [0.2, 0.25) is 0 Å². The van der Waals surface area contributed by atoms with Crippen LogP contribution in [0.1, 0.15) is 58.6 Å². The molecular weight excluding hydrogens is 704 g/mol. The molecule has 9 N–H and O–H groups in total. The second-order valence-electron chi connectivity index (χ2n) is 15.0. The molecule has 4 aromatic rings. The van der Waals surface area contributed by atoms with Crippen molar-refractivity contribution in [2.24, 2.45) is 17.6 Å². The lowest BCUT2D eigenvalue weighted by Gasteiger charge is -2.32. The Balaban J connectivity index is 1.44. The van der Waals surface area contributed by atoms with E-state index in [-0.39, 0.29) is 25.3 Å². The Morgan fingerprint density at radius 3 is 1.73 bits per heavy atom. The van der Waals surface area contributed by atoms with Gasteiger partial charge in [-0.3, -0.25) is 24.0 Å². The number of nitrogens with zero attached hydrogens (tertiary/aromatic N) is 1. The van der Waals surface area contributed by atoms with Crippen molar-refractivity contribution in [2.75, 3.05) is 6.54 Å². The number of carbonyl (C=O) groups is 6. The van der Waals surface area contributed by atoms with Gasteiger partial charge in [-0.05, 0) is 54.9 Å². The number of aliphatic carboxylic acids is 1. The minimum absolute atomic E-state index is 0.0222. The number of hydrogen-bond acceptors (Lipinski definition) is 7. The van der Waals surface area contributed by atoms with Crippen molar-refractivity contribution in [1.29, 1.82) is 0 Å². The molecule has 2 aromatic heterocycles. The molecule has 5 rings (SSSR count). The number of para-hydroxylation sites is 2. The van der Waals surface area contributed by atoms with Gasteiger partial charge in [0.05, 0.1) is 6.04 Å². The van der Waals surface area contributed by atoms with Crippen molar-refractivity contribution >= 4 is 57.3 Å². The van der Waals surface area contributed by atoms with Gasteiger partial charge in [-0.15, -0.1) is 0 Å². The first kappa shape index (κ1) is 40.5. The fourth-order valence-corrected chi connectivity index (χ4v) is 7.05. The number of carboxylic acids is 1. The molecule has 55 heavy (non-hydrogen) atoms. The van der Waals surface area contributed by atoms with Gasteiger partial charge in [-0.2, -0.15) is 0 Å². The molecule has 5 amide bonds. The number of nitrogens with two attached hydrogens (primary N) is 1. The van der Waals surface area contributed by atoms with E-state index in [2.05, 4.69) is 31.2 Å². The van der Waals surface area contributed by atoms with Gasteiger partial charge >= 0.3 is 5.97 Å². The van der Waals surface area contributed by atoms with E-state index < -0.39 is 77.7 Å².